The summed E-state index contributed by atoms with van der Waals surface area (Å²) in [5.41, 5.74) is 5.93. The molecule has 2 aliphatic heterocycles. The van der Waals surface area contributed by atoms with Crippen molar-refractivity contribution in [1.82, 2.24) is 4.90 Å². The number of piperidine rings is 1. The van der Waals surface area contributed by atoms with Crippen molar-refractivity contribution in [3.63, 3.8) is 0 Å². The average molecular weight is 380 g/mol. The molecule has 0 bridgehead atoms. The first-order valence-corrected chi connectivity index (χ1v) is 8.42. The number of hydrogen-bond donors (Lipinski definition) is 1. The van der Waals surface area contributed by atoms with E-state index in [4.69, 9.17) is 5.73 Å². The van der Waals surface area contributed by atoms with Crippen LogP contribution in [0.3, 0.4) is 0 Å². The molecular weight excluding hydrogens is 362 g/mol. The van der Waals surface area contributed by atoms with Crippen molar-refractivity contribution in [3.05, 3.63) is 28.7 Å². The number of amides is 3. The molecule has 3 amide bonds. The summed E-state index contributed by atoms with van der Waals surface area (Å²) in [6, 6.07) is 6.69. The van der Waals surface area contributed by atoms with Crippen molar-refractivity contribution in [1.29, 1.82) is 0 Å². The number of hydrogen-bond acceptors (Lipinski definition) is 4. The zero-order chi connectivity index (χ0) is 16.6. The Morgan fingerprint density at radius 1 is 1.13 bits per heavy atom. The predicted molar refractivity (Wildman–Crippen MR) is 88.5 cm³/mol. The van der Waals surface area contributed by atoms with E-state index in [1.165, 1.54) is 4.90 Å². The Morgan fingerprint density at radius 2 is 1.74 bits per heavy atom. The van der Waals surface area contributed by atoms with Crippen LogP contribution in [-0.4, -0.2) is 41.8 Å². The largest absolute Gasteiger partial charge is 0.369 e. The highest BCUT2D eigenvalue weighted by Crippen LogP contribution is 2.29. The number of benzene rings is 1. The van der Waals surface area contributed by atoms with Gasteiger partial charge in [0.25, 0.3) is 5.91 Å². The van der Waals surface area contributed by atoms with Crippen molar-refractivity contribution < 1.29 is 14.4 Å². The van der Waals surface area contributed by atoms with Crippen LogP contribution >= 0.6 is 15.9 Å². The molecule has 0 aromatic heterocycles. The lowest BCUT2D eigenvalue weighted by molar-refractivity contribution is -0.124. The molecule has 2 saturated heterocycles. The van der Waals surface area contributed by atoms with Crippen LogP contribution in [0.5, 0.6) is 0 Å². The van der Waals surface area contributed by atoms with E-state index in [9.17, 15) is 14.4 Å². The molecule has 0 radical (unpaired) electrons. The second-order valence-corrected chi connectivity index (χ2v) is 6.89. The summed E-state index contributed by atoms with van der Waals surface area (Å²) in [5, 5.41) is 0. The van der Waals surface area contributed by atoms with Crippen LogP contribution in [0.1, 0.15) is 19.3 Å². The molecule has 7 heteroatoms. The lowest BCUT2D eigenvalue weighted by atomic mass is 9.95. The van der Waals surface area contributed by atoms with Crippen LogP contribution < -0.4 is 10.6 Å². The molecule has 122 valence electrons. The SMILES string of the molecule is NC(=O)C1CCN([C@@H]2CC(=O)N(c3ccc(Br)cc3)C2=O)CC1. The third-order valence-electron chi connectivity index (χ3n) is 4.58. The number of nitrogens with zero attached hydrogens (tertiary/aromatic N) is 2. The van der Waals surface area contributed by atoms with Gasteiger partial charge in [0, 0.05) is 10.4 Å². The van der Waals surface area contributed by atoms with Crippen molar-refractivity contribution in [2.75, 3.05) is 18.0 Å². The molecule has 1 atom stereocenters. The van der Waals surface area contributed by atoms with Gasteiger partial charge in [-0.25, -0.2) is 4.90 Å². The van der Waals surface area contributed by atoms with E-state index in [1.807, 2.05) is 17.0 Å². The van der Waals surface area contributed by atoms with Gasteiger partial charge in [0.2, 0.25) is 11.8 Å². The number of halogens is 1. The number of likely N-dealkylation sites (tertiary alicyclic amines) is 1. The molecule has 0 saturated carbocycles. The maximum Gasteiger partial charge on any atom is 0.251 e. The fourth-order valence-corrected chi connectivity index (χ4v) is 3.52. The van der Waals surface area contributed by atoms with Gasteiger partial charge in [-0.2, -0.15) is 0 Å². The number of carbonyl (C=O) groups is 3. The molecule has 2 aliphatic rings. The Balaban J connectivity index is 1.72. The van der Waals surface area contributed by atoms with Crippen molar-refractivity contribution >= 4 is 39.3 Å². The van der Waals surface area contributed by atoms with E-state index in [1.54, 1.807) is 12.1 Å². The van der Waals surface area contributed by atoms with Crippen LogP contribution in [0.4, 0.5) is 5.69 Å². The number of carbonyl (C=O) groups excluding carboxylic acids is 3. The first-order valence-electron chi connectivity index (χ1n) is 7.63. The molecule has 2 heterocycles. The third-order valence-corrected chi connectivity index (χ3v) is 5.11. The van der Waals surface area contributed by atoms with Gasteiger partial charge in [-0.15, -0.1) is 0 Å². The van der Waals surface area contributed by atoms with Gasteiger partial charge in [-0.1, -0.05) is 15.9 Å². The minimum absolute atomic E-state index is 0.124. The van der Waals surface area contributed by atoms with Crippen LogP contribution in [0.25, 0.3) is 0 Å². The average Bonchev–Trinajstić information content (AvgIpc) is 2.83. The van der Waals surface area contributed by atoms with E-state index >= 15 is 0 Å². The summed E-state index contributed by atoms with van der Waals surface area (Å²) in [4.78, 5) is 39.5. The second kappa shape index (κ2) is 6.41. The summed E-state index contributed by atoms with van der Waals surface area (Å²) in [6.45, 7) is 1.23. The molecule has 2 N–H and O–H groups in total. The smallest absolute Gasteiger partial charge is 0.251 e. The fourth-order valence-electron chi connectivity index (χ4n) is 3.26. The van der Waals surface area contributed by atoms with Gasteiger partial charge in [0.1, 0.15) is 0 Å². The third kappa shape index (κ3) is 3.16. The zero-order valence-electron chi connectivity index (χ0n) is 12.6. The molecule has 2 fully saturated rings. The molecule has 0 unspecified atom stereocenters. The zero-order valence-corrected chi connectivity index (χ0v) is 14.2. The Kier molecular flexibility index (Phi) is 4.50. The lowest BCUT2D eigenvalue weighted by Gasteiger charge is -2.33. The molecule has 3 rings (SSSR count). The molecule has 0 aliphatic carbocycles. The minimum atomic E-state index is -0.431. The first kappa shape index (κ1) is 16.1. The Morgan fingerprint density at radius 3 is 2.30 bits per heavy atom. The number of imide groups is 1. The Hall–Kier alpha value is -1.73. The van der Waals surface area contributed by atoms with Gasteiger partial charge in [-0.05, 0) is 50.2 Å². The standard InChI is InChI=1S/C16H18BrN3O3/c17-11-1-3-12(4-2-11)20-14(21)9-13(16(20)23)19-7-5-10(6-8-19)15(18)22/h1-4,10,13H,5-9H2,(H2,18,22)/t13-/m1/s1. The number of primary amides is 1. The highest BCUT2D eigenvalue weighted by molar-refractivity contribution is 9.10. The van der Waals surface area contributed by atoms with Crippen molar-refractivity contribution in [2.24, 2.45) is 11.7 Å². The summed E-state index contributed by atoms with van der Waals surface area (Å²) in [5.74, 6) is -0.773. The molecule has 1 aromatic carbocycles. The molecule has 23 heavy (non-hydrogen) atoms. The van der Waals surface area contributed by atoms with Crippen molar-refractivity contribution in [3.8, 4) is 0 Å². The molecular formula is C16H18BrN3O3. The van der Waals surface area contributed by atoms with Crippen molar-refractivity contribution in [2.45, 2.75) is 25.3 Å². The fraction of sp³-hybridized carbons (Fsp3) is 0.438. The van der Waals surface area contributed by atoms with E-state index in [0.29, 0.717) is 31.6 Å². The highest BCUT2D eigenvalue weighted by atomic mass is 79.9. The quantitative estimate of drug-likeness (QED) is 0.801. The van der Waals surface area contributed by atoms with Crippen LogP contribution in [0.2, 0.25) is 0 Å². The predicted octanol–water partition coefficient (Wildman–Crippen LogP) is 1.28. The highest BCUT2D eigenvalue weighted by Gasteiger charge is 2.43. The Labute approximate surface area is 142 Å². The first-order chi connectivity index (χ1) is 11.0. The summed E-state index contributed by atoms with van der Waals surface area (Å²) < 4.78 is 0.894. The van der Waals surface area contributed by atoms with E-state index in [-0.39, 0.29) is 30.1 Å². The summed E-state index contributed by atoms with van der Waals surface area (Å²) >= 11 is 3.34. The molecule has 1 aromatic rings. The van der Waals surface area contributed by atoms with Crippen LogP contribution in [0.15, 0.2) is 28.7 Å². The number of anilines is 1. The lowest BCUT2D eigenvalue weighted by Crippen LogP contribution is -2.47. The Bertz CT molecular complexity index is 638. The maximum atomic E-state index is 12.7. The van der Waals surface area contributed by atoms with E-state index in [2.05, 4.69) is 15.9 Å². The normalized spacial score (nSPS) is 23.5. The van der Waals surface area contributed by atoms with E-state index in [0.717, 1.165) is 4.47 Å². The monoisotopic (exact) mass is 379 g/mol. The molecule has 0 spiro atoms. The topological polar surface area (TPSA) is 83.7 Å². The number of rotatable bonds is 3. The number of nitrogens with two attached hydrogens (primary N) is 1. The summed E-state index contributed by atoms with van der Waals surface area (Å²) in [7, 11) is 0. The van der Waals surface area contributed by atoms with Gasteiger partial charge in [0.05, 0.1) is 18.2 Å². The van der Waals surface area contributed by atoms with Gasteiger partial charge < -0.3 is 5.73 Å². The van der Waals surface area contributed by atoms with E-state index < -0.39 is 6.04 Å². The van der Waals surface area contributed by atoms with Crippen LogP contribution in [-0.2, 0) is 14.4 Å². The molecule has 6 nitrogen and oxygen atoms in total. The summed E-state index contributed by atoms with van der Waals surface area (Å²) in [6.07, 6.45) is 1.48. The van der Waals surface area contributed by atoms with Gasteiger partial charge >= 0.3 is 0 Å². The van der Waals surface area contributed by atoms with Gasteiger partial charge in [0.15, 0.2) is 0 Å². The minimum Gasteiger partial charge on any atom is -0.369 e. The second-order valence-electron chi connectivity index (χ2n) is 5.98. The van der Waals surface area contributed by atoms with Crippen LogP contribution in [0, 0.1) is 5.92 Å². The maximum absolute atomic E-state index is 12.7. The van der Waals surface area contributed by atoms with Gasteiger partial charge in [-0.3, -0.25) is 19.3 Å².